The quantitative estimate of drug-likeness (QED) is 0.359. The molecule has 1 saturated carbocycles. The van der Waals surface area contributed by atoms with Gasteiger partial charge in [-0.2, -0.15) is 0 Å². The molecule has 4 rings (SSSR count). The number of primary amides is 1. The van der Waals surface area contributed by atoms with Crippen molar-refractivity contribution in [3.05, 3.63) is 51.3 Å². The van der Waals surface area contributed by atoms with Crippen LogP contribution >= 0.6 is 0 Å². The van der Waals surface area contributed by atoms with Crippen molar-refractivity contribution in [2.45, 2.75) is 57.1 Å². The maximum absolute atomic E-state index is 13.7. The number of aliphatic hydroxyl groups is 3. The molecule has 0 saturated heterocycles. The minimum atomic E-state index is -2.65. The summed E-state index contributed by atoms with van der Waals surface area (Å²) in [4.78, 5) is 37.9. The number of Topliss-reactive ketones (excluding diaryl/α,β-unsaturated/α-hetero) is 2. The highest BCUT2D eigenvalue weighted by Crippen LogP contribution is 2.53. The van der Waals surface area contributed by atoms with Gasteiger partial charge in [-0.15, -0.1) is 0 Å². The highest BCUT2D eigenvalue weighted by atomic mass is 16.3. The second-order valence-electron chi connectivity index (χ2n) is 9.35. The number of hydrogen-bond acceptors (Lipinski definition) is 8. The summed E-state index contributed by atoms with van der Waals surface area (Å²) in [6.45, 7) is 3.76. The molecule has 1 fully saturated rings. The van der Waals surface area contributed by atoms with Gasteiger partial charge in [-0.1, -0.05) is 25.5 Å². The summed E-state index contributed by atoms with van der Waals surface area (Å²) in [5, 5.41) is 44.3. The highest BCUT2D eigenvalue weighted by molar-refractivity contribution is 6.23. The smallest absolute Gasteiger partial charge is 0.255 e. The van der Waals surface area contributed by atoms with Gasteiger partial charge >= 0.3 is 0 Å². The first-order valence-corrected chi connectivity index (χ1v) is 11.2. The molecule has 1 aromatic carbocycles. The normalized spacial score (nSPS) is 28.8. The van der Waals surface area contributed by atoms with Crippen LogP contribution in [0.2, 0.25) is 0 Å². The van der Waals surface area contributed by atoms with Crippen molar-refractivity contribution in [1.29, 1.82) is 0 Å². The van der Waals surface area contributed by atoms with E-state index in [2.05, 4.69) is 0 Å². The summed E-state index contributed by atoms with van der Waals surface area (Å²) >= 11 is 0. The van der Waals surface area contributed by atoms with Crippen molar-refractivity contribution in [3.8, 4) is 5.75 Å². The molecule has 8 N–H and O–H groups in total. The summed E-state index contributed by atoms with van der Waals surface area (Å²) in [5.74, 6) is -6.25. The molecular formula is C25H28N2O7. The van der Waals surface area contributed by atoms with E-state index in [1.165, 1.54) is 0 Å². The van der Waals surface area contributed by atoms with Gasteiger partial charge in [0, 0.05) is 17.9 Å². The molecule has 34 heavy (non-hydrogen) atoms. The van der Waals surface area contributed by atoms with Crippen LogP contribution in [0.5, 0.6) is 5.75 Å². The maximum atomic E-state index is 13.7. The lowest BCUT2D eigenvalue weighted by Crippen LogP contribution is -2.65. The highest BCUT2D eigenvalue weighted by Gasteiger charge is 2.63. The number of aromatic hydroxyl groups is 1. The predicted molar refractivity (Wildman–Crippen MR) is 124 cm³/mol. The number of rotatable bonds is 4. The van der Waals surface area contributed by atoms with Crippen LogP contribution in [0.3, 0.4) is 0 Å². The van der Waals surface area contributed by atoms with E-state index in [0.29, 0.717) is 17.5 Å². The van der Waals surface area contributed by atoms with E-state index in [4.69, 9.17) is 11.5 Å². The molecule has 0 radical (unpaired) electrons. The van der Waals surface area contributed by atoms with Crippen molar-refractivity contribution in [2.24, 2.45) is 17.4 Å². The maximum Gasteiger partial charge on any atom is 0.255 e. The third-order valence-corrected chi connectivity index (χ3v) is 7.19. The number of aryl methyl sites for hydroxylation is 1. The van der Waals surface area contributed by atoms with Gasteiger partial charge in [-0.25, -0.2) is 0 Å². The molecule has 0 bridgehead atoms. The van der Waals surface area contributed by atoms with E-state index in [1.807, 2.05) is 13.0 Å². The molecule has 0 aromatic heterocycles. The minimum absolute atomic E-state index is 0.0519. The number of amides is 1. The van der Waals surface area contributed by atoms with Crippen molar-refractivity contribution in [3.63, 3.8) is 0 Å². The van der Waals surface area contributed by atoms with Crippen molar-refractivity contribution < 1.29 is 34.8 Å². The fourth-order valence-electron chi connectivity index (χ4n) is 5.71. The summed E-state index contributed by atoms with van der Waals surface area (Å²) in [6.07, 6.45) is 4.34. The molecule has 3 aliphatic carbocycles. The van der Waals surface area contributed by atoms with Crippen molar-refractivity contribution >= 4 is 29.3 Å². The fraction of sp³-hybridized carbons (Fsp3) is 0.400. The van der Waals surface area contributed by atoms with Gasteiger partial charge in [0.2, 0.25) is 5.78 Å². The number of aliphatic hydroxyl groups excluding tert-OH is 2. The van der Waals surface area contributed by atoms with E-state index in [-0.39, 0.29) is 29.7 Å². The number of fused-ring (bicyclic) bond motifs is 3. The van der Waals surface area contributed by atoms with E-state index >= 15 is 0 Å². The summed E-state index contributed by atoms with van der Waals surface area (Å²) in [5.41, 5.74) is 8.52. The Kier molecular flexibility index (Phi) is 5.45. The van der Waals surface area contributed by atoms with Gasteiger partial charge in [0.05, 0.1) is 16.7 Å². The molecule has 0 spiro atoms. The molecule has 180 valence electrons. The molecule has 0 heterocycles. The van der Waals surface area contributed by atoms with Gasteiger partial charge in [0.1, 0.15) is 22.8 Å². The Morgan fingerprint density at radius 3 is 2.53 bits per heavy atom. The van der Waals surface area contributed by atoms with E-state index in [0.717, 1.165) is 12.0 Å². The third-order valence-electron chi connectivity index (χ3n) is 7.19. The lowest BCUT2D eigenvalue weighted by atomic mass is 9.56. The second-order valence-corrected chi connectivity index (χ2v) is 9.35. The van der Waals surface area contributed by atoms with Crippen LogP contribution in [0.4, 0.5) is 0 Å². The number of ketones is 2. The van der Waals surface area contributed by atoms with Crippen LogP contribution in [-0.2, 0) is 27.2 Å². The van der Waals surface area contributed by atoms with Crippen LogP contribution in [0.15, 0.2) is 29.0 Å². The largest absolute Gasteiger partial charge is 0.508 e. The van der Waals surface area contributed by atoms with Crippen molar-refractivity contribution in [1.82, 2.24) is 0 Å². The minimum Gasteiger partial charge on any atom is -0.508 e. The van der Waals surface area contributed by atoms with E-state index < -0.39 is 58.0 Å². The number of phenolic OH excluding ortho intramolecular Hbond substituents is 1. The lowest BCUT2D eigenvalue weighted by Gasteiger charge is -2.50. The number of hydrogen-bond donors (Lipinski definition) is 6. The zero-order valence-corrected chi connectivity index (χ0v) is 19.0. The average molecular weight is 469 g/mol. The number of allylic oxidation sites excluding steroid dienone is 1. The van der Waals surface area contributed by atoms with Crippen LogP contribution in [0.25, 0.3) is 11.8 Å². The Labute approximate surface area is 196 Å². The Balaban J connectivity index is 2.01. The molecule has 9 nitrogen and oxygen atoms in total. The van der Waals surface area contributed by atoms with Gasteiger partial charge in [-0.05, 0) is 43.4 Å². The van der Waals surface area contributed by atoms with Crippen molar-refractivity contribution in [2.75, 3.05) is 0 Å². The summed E-state index contributed by atoms with van der Waals surface area (Å²) in [6, 6.07) is 1.82. The predicted octanol–water partition coefficient (Wildman–Crippen LogP) is 1.49. The monoisotopic (exact) mass is 468 g/mol. The Bertz CT molecular complexity index is 1240. The summed E-state index contributed by atoms with van der Waals surface area (Å²) < 4.78 is 0. The van der Waals surface area contributed by atoms with Crippen LogP contribution in [0, 0.1) is 5.92 Å². The molecule has 0 aliphatic heterocycles. The fourth-order valence-corrected chi connectivity index (χ4v) is 5.71. The Morgan fingerprint density at radius 2 is 1.94 bits per heavy atom. The second kappa shape index (κ2) is 7.82. The lowest BCUT2D eigenvalue weighted by molar-refractivity contribution is -0.148. The number of nitrogens with two attached hydrogens (primary N) is 2. The molecular weight excluding hydrogens is 440 g/mol. The molecule has 9 heteroatoms. The number of carbonyl (C=O) groups excluding carboxylic acids is 3. The first-order chi connectivity index (χ1) is 15.9. The molecule has 1 aromatic rings. The van der Waals surface area contributed by atoms with Crippen LogP contribution < -0.4 is 11.5 Å². The Morgan fingerprint density at radius 1 is 1.26 bits per heavy atom. The summed E-state index contributed by atoms with van der Waals surface area (Å²) in [7, 11) is 0. The van der Waals surface area contributed by atoms with Gasteiger partial charge in [0.25, 0.3) is 5.91 Å². The van der Waals surface area contributed by atoms with Crippen LogP contribution in [-0.4, -0.2) is 49.0 Å². The first-order valence-electron chi connectivity index (χ1n) is 11.2. The number of benzene rings is 1. The van der Waals surface area contributed by atoms with E-state index in [1.54, 1.807) is 19.1 Å². The number of phenols is 1. The SMILES string of the molecule is C/C=C/c1cc(CCC)c2c(c1O)C(O)=C1C(=O)[C@]3(O)C(O)=C(C(N)=O)C(=O)C[C@@H]3C[C@]1(N)C2. The van der Waals surface area contributed by atoms with Gasteiger partial charge in [-0.3, -0.25) is 14.4 Å². The molecule has 3 aliphatic rings. The first kappa shape index (κ1) is 23.7. The zero-order valence-electron chi connectivity index (χ0n) is 19.0. The third kappa shape index (κ3) is 3.04. The van der Waals surface area contributed by atoms with E-state index in [9.17, 15) is 34.8 Å². The molecule has 0 unspecified atom stereocenters. The standard InChI is InChI=1S/C25H28N2O7/c1-3-5-11-7-12(6-4-2)19(29)16-14(11)10-24(27)9-13-8-15(28)17(23(26)33)21(31)25(13,34)22(32)18(24)20(16)30/h4,6-7,13,29-31,34H,3,5,8-10,27H2,1-2H3,(H2,26,33)/b6-4+/t13-,24+,25-/m1/s1. The topological polar surface area (TPSA) is 184 Å². The molecule has 1 amide bonds. The number of carbonyl (C=O) groups is 3. The Hall–Kier alpha value is -3.43. The van der Waals surface area contributed by atoms with Gasteiger partial charge < -0.3 is 31.9 Å². The zero-order chi connectivity index (χ0) is 25.2. The van der Waals surface area contributed by atoms with Crippen LogP contribution in [0.1, 0.15) is 55.4 Å². The average Bonchev–Trinajstić information content (AvgIpc) is 2.73. The van der Waals surface area contributed by atoms with Gasteiger partial charge in [0.15, 0.2) is 11.4 Å². The molecule has 3 atom stereocenters.